The molecule has 0 unspecified atom stereocenters. The summed E-state index contributed by atoms with van der Waals surface area (Å²) in [6.45, 7) is 4.52. The molecule has 4 aromatic rings. The van der Waals surface area contributed by atoms with Gasteiger partial charge in [0, 0.05) is 16.3 Å². The van der Waals surface area contributed by atoms with Crippen LogP contribution in [0.3, 0.4) is 0 Å². The number of rotatable bonds is 9. The maximum Gasteiger partial charge on any atom is 0.250 e. The molecule has 0 aliphatic heterocycles. The standard InChI is InChI=1S/C26H24ClN5O2S/c1-3-34-23-14-12-22(13-15-23)32-25(19-8-10-21(27)11-9-19)30-31-26(32)35-17-24(33)29-28-16-20-7-5-4-6-18(20)2/h4-16H,3,17H2,1-2H3,(H,29,33)/b28-16-. The summed E-state index contributed by atoms with van der Waals surface area (Å²) in [6.07, 6.45) is 1.64. The second kappa shape index (κ2) is 11.7. The van der Waals surface area contributed by atoms with Gasteiger partial charge in [0.1, 0.15) is 5.75 Å². The quantitative estimate of drug-likeness (QED) is 0.183. The zero-order valence-corrected chi connectivity index (χ0v) is 20.9. The van der Waals surface area contributed by atoms with Gasteiger partial charge in [-0.05, 0) is 73.5 Å². The highest BCUT2D eigenvalue weighted by molar-refractivity contribution is 7.99. The molecular formula is C26H24ClN5O2S. The minimum absolute atomic E-state index is 0.126. The molecule has 0 atom stereocenters. The first-order valence-electron chi connectivity index (χ1n) is 11.0. The Morgan fingerprint density at radius 2 is 1.83 bits per heavy atom. The van der Waals surface area contributed by atoms with Crippen molar-refractivity contribution >= 4 is 35.5 Å². The van der Waals surface area contributed by atoms with Crippen LogP contribution in [0.15, 0.2) is 83.1 Å². The number of aryl methyl sites for hydroxylation is 1. The van der Waals surface area contributed by atoms with Crippen molar-refractivity contribution in [1.29, 1.82) is 0 Å². The molecule has 7 nitrogen and oxygen atoms in total. The summed E-state index contributed by atoms with van der Waals surface area (Å²) in [7, 11) is 0. The molecule has 1 aromatic heterocycles. The lowest BCUT2D eigenvalue weighted by atomic mass is 10.1. The van der Waals surface area contributed by atoms with Gasteiger partial charge >= 0.3 is 0 Å². The maximum absolute atomic E-state index is 12.4. The number of hydrogen-bond acceptors (Lipinski definition) is 6. The van der Waals surface area contributed by atoms with E-state index in [1.807, 2.05) is 79.1 Å². The molecule has 0 aliphatic carbocycles. The SMILES string of the molecule is CCOc1ccc(-n2c(SCC(=O)N/N=C\c3ccccc3C)nnc2-c2ccc(Cl)cc2)cc1. The number of halogens is 1. The summed E-state index contributed by atoms with van der Waals surface area (Å²) in [6, 6.07) is 22.9. The molecule has 4 rings (SSSR count). The first kappa shape index (κ1) is 24.5. The van der Waals surface area contributed by atoms with E-state index >= 15 is 0 Å². The number of aromatic nitrogens is 3. The third kappa shape index (κ3) is 6.29. The first-order valence-corrected chi connectivity index (χ1v) is 12.4. The van der Waals surface area contributed by atoms with Gasteiger partial charge in [-0.1, -0.05) is 47.6 Å². The zero-order chi connectivity index (χ0) is 24.6. The van der Waals surface area contributed by atoms with Crippen molar-refractivity contribution in [2.24, 2.45) is 5.10 Å². The number of benzene rings is 3. The highest BCUT2D eigenvalue weighted by atomic mass is 35.5. The van der Waals surface area contributed by atoms with Crippen LogP contribution in [0.1, 0.15) is 18.1 Å². The summed E-state index contributed by atoms with van der Waals surface area (Å²) in [5, 5.41) is 14.0. The second-order valence-corrected chi connectivity index (χ2v) is 8.89. The van der Waals surface area contributed by atoms with Crippen LogP contribution in [0, 0.1) is 6.92 Å². The van der Waals surface area contributed by atoms with Crippen LogP contribution in [-0.2, 0) is 4.79 Å². The molecule has 0 fully saturated rings. The van der Waals surface area contributed by atoms with Gasteiger partial charge in [0.25, 0.3) is 5.91 Å². The Morgan fingerprint density at radius 1 is 1.09 bits per heavy atom. The molecule has 178 valence electrons. The molecule has 1 N–H and O–H groups in total. The fraction of sp³-hybridized carbons (Fsp3) is 0.154. The molecule has 0 saturated carbocycles. The molecule has 0 spiro atoms. The van der Waals surface area contributed by atoms with Gasteiger partial charge < -0.3 is 4.74 Å². The molecule has 3 aromatic carbocycles. The van der Waals surface area contributed by atoms with Gasteiger partial charge in [-0.15, -0.1) is 10.2 Å². The Bertz CT molecular complexity index is 1320. The fourth-order valence-electron chi connectivity index (χ4n) is 3.31. The van der Waals surface area contributed by atoms with E-state index < -0.39 is 0 Å². The zero-order valence-electron chi connectivity index (χ0n) is 19.3. The van der Waals surface area contributed by atoms with Gasteiger partial charge in [0.2, 0.25) is 0 Å². The molecule has 35 heavy (non-hydrogen) atoms. The van der Waals surface area contributed by atoms with Crippen LogP contribution in [0.2, 0.25) is 5.02 Å². The Morgan fingerprint density at radius 3 is 2.54 bits per heavy atom. The minimum Gasteiger partial charge on any atom is -0.494 e. The number of nitrogens with one attached hydrogen (secondary N) is 1. The summed E-state index contributed by atoms with van der Waals surface area (Å²) >= 11 is 7.34. The van der Waals surface area contributed by atoms with Gasteiger partial charge in [0.05, 0.1) is 18.6 Å². The second-order valence-electron chi connectivity index (χ2n) is 7.51. The predicted octanol–water partition coefficient (Wildman–Crippen LogP) is 5.54. The Balaban J connectivity index is 1.53. The maximum atomic E-state index is 12.4. The molecular weight excluding hydrogens is 482 g/mol. The van der Waals surface area contributed by atoms with E-state index in [4.69, 9.17) is 16.3 Å². The molecule has 0 bridgehead atoms. The lowest BCUT2D eigenvalue weighted by Crippen LogP contribution is -2.20. The normalized spacial score (nSPS) is 11.1. The fourth-order valence-corrected chi connectivity index (χ4v) is 4.18. The summed E-state index contributed by atoms with van der Waals surface area (Å²) in [5.74, 6) is 1.30. The van der Waals surface area contributed by atoms with E-state index in [0.717, 1.165) is 28.1 Å². The monoisotopic (exact) mass is 505 g/mol. The number of ether oxygens (including phenoxy) is 1. The van der Waals surface area contributed by atoms with E-state index in [1.54, 1.807) is 18.3 Å². The average Bonchev–Trinajstić information content (AvgIpc) is 3.29. The summed E-state index contributed by atoms with van der Waals surface area (Å²) in [5.41, 5.74) is 6.31. The van der Waals surface area contributed by atoms with Gasteiger partial charge in [0.15, 0.2) is 11.0 Å². The van der Waals surface area contributed by atoms with E-state index in [9.17, 15) is 4.79 Å². The number of amides is 1. The van der Waals surface area contributed by atoms with Crippen molar-refractivity contribution in [1.82, 2.24) is 20.2 Å². The average molecular weight is 506 g/mol. The highest BCUT2D eigenvalue weighted by Crippen LogP contribution is 2.29. The van der Waals surface area contributed by atoms with E-state index in [-0.39, 0.29) is 11.7 Å². The lowest BCUT2D eigenvalue weighted by molar-refractivity contribution is -0.118. The number of nitrogens with zero attached hydrogens (tertiary/aromatic N) is 4. The van der Waals surface area contributed by atoms with Crippen molar-refractivity contribution in [3.63, 3.8) is 0 Å². The largest absolute Gasteiger partial charge is 0.494 e. The van der Waals surface area contributed by atoms with Crippen molar-refractivity contribution in [3.8, 4) is 22.8 Å². The van der Waals surface area contributed by atoms with Crippen LogP contribution >= 0.6 is 23.4 Å². The van der Waals surface area contributed by atoms with Crippen molar-refractivity contribution in [3.05, 3.63) is 88.9 Å². The third-order valence-electron chi connectivity index (χ3n) is 5.06. The molecule has 9 heteroatoms. The summed E-state index contributed by atoms with van der Waals surface area (Å²) in [4.78, 5) is 12.4. The van der Waals surface area contributed by atoms with Crippen LogP contribution in [0.4, 0.5) is 0 Å². The van der Waals surface area contributed by atoms with Gasteiger partial charge in [-0.25, -0.2) is 5.43 Å². The number of carbonyl (C=O) groups is 1. The highest BCUT2D eigenvalue weighted by Gasteiger charge is 2.17. The van der Waals surface area contributed by atoms with Gasteiger partial charge in [-0.3, -0.25) is 9.36 Å². The Labute approximate surface area is 213 Å². The van der Waals surface area contributed by atoms with Crippen molar-refractivity contribution in [2.45, 2.75) is 19.0 Å². The van der Waals surface area contributed by atoms with E-state index in [0.29, 0.717) is 22.6 Å². The topological polar surface area (TPSA) is 81.4 Å². The Hall–Kier alpha value is -3.62. The van der Waals surface area contributed by atoms with E-state index in [2.05, 4.69) is 20.7 Å². The number of hydrogen-bond donors (Lipinski definition) is 1. The molecule has 0 saturated heterocycles. The Kier molecular flexibility index (Phi) is 8.18. The van der Waals surface area contributed by atoms with Gasteiger partial charge in [-0.2, -0.15) is 5.10 Å². The number of hydrazone groups is 1. The van der Waals surface area contributed by atoms with Crippen molar-refractivity contribution < 1.29 is 9.53 Å². The van der Waals surface area contributed by atoms with Crippen LogP contribution < -0.4 is 10.2 Å². The molecule has 1 heterocycles. The number of carbonyl (C=O) groups excluding carboxylic acids is 1. The smallest absolute Gasteiger partial charge is 0.250 e. The van der Waals surface area contributed by atoms with Crippen LogP contribution in [0.25, 0.3) is 17.1 Å². The van der Waals surface area contributed by atoms with Crippen LogP contribution in [-0.4, -0.2) is 39.2 Å². The molecule has 1 amide bonds. The predicted molar refractivity (Wildman–Crippen MR) is 141 cm³/mol. The lowest BCUT2D eigenvalue weighted by Gasteiger charge is -2.11. The minimum atomic E-state index is -0.242. The van der Waals surface area contributed by atoms with Crippen molar-refractivity contribution in [2.75, 3.05) is 12.4 Å². The summed E-state index contributed by atoms with van der Waals surface area (Å²) < 4.78 is 7.48. The molecule has 0 aliphatic rings. The third-order valence-corrected chi connectivity index (χ3v) is 6.24. The van der Waals surface area contributed by atoms with E-state index in [1.165, 1.54) is 11.8 Å². The first-order chi connectivity index (χ1) is 17.0. The number of thioether (sulfide) groups is 1. The molecule has 0 radical (unpaired) electrons. The van der Waals surface area contributed by atoms with Crippen LogP contribution in [0.5, 0.6) is 5.75 Å².